The fourth-order valence-corrected chi connectivity index (χ4v) is 5.38. The lowest BCUT2D eigenvalue weighted by molar-refractivity contribution is -0.129. The van der Waals surface area contributed by atoms with Gasteiger partial charge in [0.15, 0.2) is 13.9 Å². The van der Waals surface area contributed by atoms with Crippen LogP contribution in [0.1, 0.15) is 47.1 Å². The van der Waals surface area contributed by atoms with E-state index in [1.165, 1.54) is 9.47 Å². The van der Waals surface area contributed by atoms with Crippen molar-refractivity contribution < 1.29 is 23.2 Å². The summed E-state index contributed by atoms with van der Waals surface area (Å²) < 4.78 is 18.6. The average Bonchev–Trinajstić information content (AvgIpc) is 3.18. The molecule has 0 saturated carbocycles. The van der Waals surface area contributed by atoms with Gasteiger partial charge in [0.2, 0.25) is 0 Å². The van der Waals surface area contributed by atoms with E-state index in [1.807, 2.05) is 49.5 Å². The van der Waals surface area contributed by atoms with Crippen LogP contribution in [-0.2, 0) is 27.4 Å². The smallest absolute Gasteiger partial charge is 0.419 e. The van der Waals surface area contributed by atoms with Gasteiger partial charge in [-0.15, -0.1) is 0 Å². The molecule has 3 aromatic rings. The molecule has 3 rings (SSSR count). The summed E-state index contributed by atoms with van der Waals surface area (Å²) >= 11 is 0. The van der Waals surface area contributed by atoms with Crippen LogP contribution in [0, 0.1) is 11.3 Å². The molecule has 0 aliphatic heterocycles. The van der Waals surface area contributed by atoms with Crippen molar-refractivity contribution in [2.24, 2.45) is 7.05 Å². The molecule has 0 bridgehead atoms. The summed E-state index contributed by atoms with van der Waals surface area (Å²) in [6, 6.07) is 14.6. The Morgan fingerprint density at radius 3 is 2.23 bits per heavy atom. The number of nitriles is 1. The molecule has 0 aliphatic carbocycles. The zero-order chi connectivity index (χ0) is 32.3. The van der Waals surface area contributed by atoms with Gasteiger partial charge in [0.25, 0.3) is 5.91 Å². The number of carbonyl (C=O) groups is 2. The van der Waals surface area contributed by atoms with Gasteiger partial charge in [-0.1, -0.05) is 51.1 Å². The second-order valence-electron chi connectivity index (χ2n) is 13.4. The van der Waals surface area contributed by atoms with Gasteiger partial charge in [0.1, 0.15) is 17.7 Å². The Bertz CT molecular complexity index is 1550. The quantitative estimate of drug-likeness (QED) is 0.313. The highest BCUT2D eigenvalue weighted by molar-refractivity contribution is 6.74. The van der Waals surface area contributed by atoms with Crippen LogP contribution in [-0.4, -0.2) is 61.1 Å². The highest BCUT2D eigenvalue weighted by Crippen LogP contribution is 2.37. The first-order valence-electron chi connectivity index (χ1n) is 14.3. The molecular formula is C32H44N4O6Si. The molecule has 2 amide bonds. The number of nitrogens with one attached hydrogen (secondary N) is 1. The molecule has 0 fully saturated rings. The van der Waals surface area contributed by atoms with Crippen molar-refractivity contribution in [3.05, 3.63) is 58.6 Å². The maximum atomic E-state index is 13.6. The van der Waals surface area contributed by atoms with Crippen molar-refractivity contribution >= 4 is 31.4 Å². The summed E-state index contributed by atoms with van der Waals surface area (Å²) in [6.07, 6.45) is -1.26. The van der Waals surface area contributed by atoms with Gasteiger partial charge in [-0.05, 0) is 67.7 Å². The van der Waals surface area contributed by atoms with E-state index in [0.717, 1.165) is 16.7 Å². The molecule has 0 saturated heterocycles. The number of aryl methyl sites for hydroxylation is 1. The van der Waals surface area contributed by atoms with Crippen molar-refractivity contribution in [1.29, 1.82) is 5.26 Å². The van der Waals surface area contributed by atoms with Crippen molar-refractivity contribution in [3.8, 4) is 17.2 Å². The first kappa shape index (κ1) is 33.6. The summed E-state index contributed by atoms with van der Waals surface area (Å²) in [5.41, 5.74) is 3.25. The Balaban J connectivity index is 1.75. The van der Waals surface area contributed by atoms with E-state index < -0.39 is 43.8 Å². The van der Waals surface area contributed by atoms with Crippen molar-refractivity contribution in [2.75, 3.05) is 13.6 Å². The number of likely N-dealkylation sites (N-methyl/N-ethyl adjacent to an activating group) is 1. The molecule has 2 aromatic carbocycles. The standard InChI is InChI=1S/C32H44N4O6Si/c1-31(2,3)41-29(38)35(7)20-27(42-43(9,10)32(4,5)6)28(37)34-24(19-33)17-21-11-13-22(14-12-21)23-15-16-26-25(18-23)36(8)30(39)40-26/h11-16,18,24,27H,17,20H2,1-10H3,(H,34,37)/t24-,27-/m0/s1. The number of hydrogen-bond acceptors (Lipinski definition) is 7. The molecular weight excluding hydrogens is 564 g/mol. The lowest BCUT2D eigenvalue weighted by atomic mass is 10.0. The Morgan fingerprint density at radius 1 is 1.07 bits per heavy atom. The fourth-order valence-electron chi connectivity index (χ4n) is 4.14. The third-order valence-corrected chi connectivity index (χ3v) is 12.2. The molecule has 0 spiro atoms. The summed E-state index contributed by atoms with van der Waals surface area (Å²) in [7, 11) is 0.808. The van der Waals surface area contributed by atoms with E-state index in [0.29, 0.717) is 11.1 Å². The van der Waals surface area contributed by atoms with Gasteiger partial charge in [-0.3, -0.25) is 9.36 Å². The maximum absolute atomic E-state index is 13.6. The molecule has 232 valence electrons. The normalized spacial score (nSPS) is 13.7. The van der Waals surface area contributed by atoms with Gasteiger partial charge >= 0.3 is 11.8 Å². The average molecular weight is 609 g/mol. The maximum Gasteiger partial charge on any atom is 0.419 e. The second-order valence-corrected chi connectivity index (χ2v) is 18.2. The highest BCUT2D eigenvalue weighted by Gasteiger charge is 2.41. The third kappa shape index (κ3) is 8.58. The number of amides is 2. The monoisotopic (exact) mass is 608 g/mol. The van der Waals surface area contributed by atoms with E-state index in [9.17, 15) is 19.6 Å². The third-order valence-electron chi connectivity index (χ3n) is 7.67. The number of fused-ring (bicyclic) bond motifs is 1. The van der Waals surface area contributed by atoms with E-state index in [2.05, 4.69) is 32.2 Å². The van der Waals surface area contributed by atoms with Crippen LogP contribution in [0.4, 0.5) is 4.79 Å². The minimum absolute atomic E-state index is 0.0211. The predicted octanol–water partition coefficient (Wildman–Crippen LogP) is 5.61. The van der Waals surface area contributed by atoms with Crippen LogP contribution in [0.5, 0.6) is 0 Å². The Kier molecular flexibility index (Phi) is 9.99. The van der Waals surface area contributed by atoms with Gasteiger partial charge in [0, 0.05) is 20.5 Å². The first-order valence-corrected chi connectivity index (χ1v) is 17.2. The van der Waals surface area contributed by atoms with E-state index in [-0.39, 0.29) is 18.0 Å². The number of aromatic nitrogens is 1. The lowest BCUT2D eigenvalue weighted by Gasteiger charge is -2.39. The zero-order valence-corrected chi connectivity index (χ0v) is 27.9. The van der Waals surface area contributed by atoms with E-state index >= 15 is 0 Å². The number of hydrogen-bond donors (Lipinski definition) is 1. The van der Waals surface area contributed by atoms with E-state index in [4.69, 9.17) is 13.6 Å². The highest BCUT2D eigenvalue weighted by atomic mass is 28.4. The summed E-state index contributed by atoms with van der Waals surface area (Å²) in [5.74, 6) is -0.872. The van der Waals surface area contributed by atoms with Crippen molar-refractivity contribution in [2.45, 2.75) is 83.8 Å². The summed E-state index contributed by atoms with van der Waals surface area (Å²) in [5, 5.41) is 12.6. The van der Waals surface area contributed by atoms with Gasteiger partial charge in [-0.25, -0.2) is 9.59 Å². The number of carbonyl (C=O) groups excluding carboxylic acids is 2. The molecule has 11 heteroatoms. The molecule has 2 atom stereocenters. The van der Waals surface area contributed by atoms with Crippen LogP contribution in [0.15, 0.2) is 51.7 Å². The number of benzene rings is 2. The Morgan fingerprint density at radius 2 is 1.67 bits per heavy atom. The van der Waals surface area contributed by atoms with Crippen LogP contribution in [0.2, 0.25) is 18.1 Å². The molecule has 10 nitrogen and oxygen atoms in total. The van der Waals surface area contributed by atoms with Crippen molar-refractivity contribution in [1.82, 2.24) is 14.8 Å². The van der Waals surface area contributed by atoms with Crippen LogP contribution in [0.3, 0.4) is 0 Å². The first-order chi connectivity index (χ1) is 19.8. The van der Waals surface area contributed by atoms with Crippen LogP contribution >= 0.6 is 0 Å². The second kappa shape index (κ2) is 12.8. The topological polar surface area (TPSA) is 127 Å². The molecule has 1 aromatic heterocycles. The number of rotatable bonds is 9. The molecule has 0 radical (unpaired) electrons. The fraction of sp³-hybridized carbons (Fsp3) is 0.500. The van der Waals surface area contributed by atoms with Gasteiger partial charge < -0.3 is 23.8 Å². The van der Waals surface area contributed by atoms with Crippen molar-refractivity contribution in [3.63, 3.8) is 0 Å². The molecule has 1 heterocycles. The minimum atomic E-state index is -2.42. The molecule has 43 heavy (non-hydrogen) atoms. The van der Waals surface area contributed by atoms with Crippen LogP contribution in [0.25, 0.3) is 22.2 Å². The molecule has 0 aliphatic rings. The number of ether oxygens (including phenoxy) is 1. The number of nitrogens with zero attached hydrogens (tertiary/aromatic N) is 3. The lowest BCUT2D eigenvalue weighted by Crippen LogP contribution is -2.54. The predicted molar refractivity (Wildman–Crippen MR) is 169 cm³/mol. The molecule has 0 unspecified atom stereocenters. The summed E-state index contributed by atoms with van der Waals surface area (Å²) in [4.78, 5) is 39.4. The Labute approximate surface area is 254 Å². The largest absolute Gasteiger partial charge is 0.444 e. The SMILES string of the molecule is CN(C[C@H](O[Si](C)(C)C(C)(C)C)C(=O)N[C@H](C#N)Cc1ccc(-c2ccc3oc(=O)n(C)c3c2)cc1)C(=O)OC(C)(C)C. The van der Waals surface area contributed by atoms with Gasteiger partial charge in [0.05, 0.1) is 18.1 Å². The summed E-state index contributed by atoms with van der Waals surface area (Å²) in [6.45, 7) is 15.6. The van der Waals surface area contributed by atoms with Gasteiger partial charge in [-0.2, -0.15) is 5.26 Å². The zero-order valence-electron chi connectivity index (χ0n) is 26.9. The number of oxazole rings is 1. The molecule has 1 N–H and O–H groups in total. The minimum Gasteiger partial charge on any atom is -0.444 e. The Hall–Kier alpha value is -3.88. The van der Waals surface area contributed by atoms with E-state index in [1.54, 1.807) is 40.9 Å². The van der Waals surface area contributed by atoms with Crippen LogP contribution < -0.4 is 11.1 Å².